The van der Waals surface area contributed by atoms with Crippen molar-refractivity contribution in [1.82, 2.24) is 10.6 Å². The van der Waals surface area contributed by atoms with Crippen LogP contribution in [0, 0.1) is 5.92 Å². The SMILES string of the molecule is O=C(CC1CCCNCC1)NC1CC1. The number of carbonyl (C=O) groups is 1. The van der Waals surface area contributed by atoms with Crippen molar-refractivity contribution in [3.8, 4) is 0 Å². The zero-order valence-electron chi connectivity index (χ0n) is 8.72. The van der Waals surface area contributed by atoms with E-state index < -0.39 is 0 Å². The molecule has 0 aromatic carbocycles. The average molecular weight is 196 g/mol. The highest BCUT2D eigenvalue weighted by Crippen LogP contribution is 2.21. The molecule has 1 aliphatic heterocycles. The van der Waals surface area contributed by atoms with Crippen molar-refractivity contribution in [1.29, 1.82) is 0 Å². The van der Waals surface area contributed by atoms with Crippen molar-refractivity contribution >= 4 is 5.91 Å². The first-order chi connectivity index (χ1) is 6.84. The molecule has 0 aromatic heterocycles. The predicted molar refractivity (Wildman–Crippen MR) is 56.0 cm³/mol. The molecule has 1 saturated carbocycles. The molecule has 1 aliphatic carbocycles. The van der Waals surface area contributed by atoms with Gasteiger partial charge in [-0.25, -0.2) is 0 Å². The van der Waals surface area contributed by atoms with Gasteiger partial charge in [0.1, 0.15) is 0 Å². The van der Waals surface area contributed by atoms with Gasteiger partial charge in [-0.2, -0.15) is 0 Å². The minimum Gasteiger partial charge on any atom is -0.353 e. The van der Waals surface area contributed by atoms with Gasteiger partial charge in [0.15, 0.2) is 0 Å². The molecular formula is C11H20N2O. The minimum absolute atomic E-state index is 0.277. The number of nitrogens with one attached hydrogen (secondary N) is 2. The van der Waals surface area contributed by atoms with E-state index in [1.54, 1.807) is 0 Å². The fourth-order valence-electron chi connectivity index (χ4n) is 2.07. The first-order valence-electron chi connectivity index (χ1n) is 5.84. The monoisotopic (exact) mass is 196 g/mol. The van der Waals surface area contributed by atoms with Gasteiger partial charge in [-0.1, -0.05) is 0 Å². The Balaban J connectivity index is 1.68. The Morgan fingerprint density at radius 2 is 2.07 bits per heavy atom. The van der Waals surface area contributed by atoms with Gasteiger partial charge in [0.05, 0.1) is 0 Å². The van der Waals surface area contributed by atoms with Crippen molar-refractivity contribution in [2.75, 3.05) is 13.1 Å². The third kappa shape index (κ3) is 3.29. The third-order valence-corrected chi connectivity index (χ3v) is 3.11. The largest absolute Gasteiger partial charge is 0.353 e. The lowest BCUT2D eigenvalue weighted by atomic mass is 9.96. The van der Waals surface area contributed by atoms with Crippen molar-refractivity contribution in [3.63, 3.8) is 0 Å². The molecule has 3 heteroatoms. The van der Waals surface area contributed by atoms with Crippen LogP contribution in [0.25, 0.3) is 0 Å². The Bertz CT molecular complexity index is 193. The Kier molecular flexibility index (Phi) is 3.40. The van der Waals surface area contributed by atoms with Gasteiger partial charge < -0.3 is 10.6 Å². The summed E-state index contributed by atoms with van der Waals surface area (Å²) in [4.78, 5) is 11.5. The maximum atomic E-state index is 11.5. The molecule has 3 nitrogen and oxygen atoms in total. The van der Waals surface area contributed by atoms with E-state index in [1.165, 1.54) is 25.7 Å². The van der Waals surface area contributed by atoms with E-state index in [9.17, 15) is 4.79 Å². The quantitative estimate of drug-likeness (QED) is 0.708. The molecular weight excluding hydrogens is 176 g/mol. The highest BCUT2D eigenvalue weighted by Gasteiger charge is 2.24. The summed E-state index contributed by atoms with van der Waals surface area (Å²) in [6, 6.07) is 0.520. The first-order valence-corrected chi connectivity index (χ1v) is 5.84. The number of rotatable bonds is 3. The lowest BCUT2D eigenvalue weighted by Gasteiger charge is -2.12. The number of amides is 1. The lowest BCUT2D eigenvalue weighted by molar-refractivity contribution is -0.122. The van der Waals surface area contributed by atoms with Gasteiger partial charge in [-0.15, -0.1) is 0 Å². The number of hydrogen-bond donors (Lipinski definition) is 2. The number of hydrogen-bond acceptors (Lipinski definition) is 2. The van der Waals surface area contributed by atoms with Crippen LogP contribution in [0.3, 0.4) is 0 Å². The zero-order chi connectivity index (χ0) is 9.80. The summed E-state index contributed by atoms with van der Waals surface area (Å²) in [6.45, 7) is 2.21. The molecule has 2 N–H and O–H groups in total. The van der Waals surface area contributed by atoms with Gasteiger partial charge in [-0.3, -0.25) is 4.79 Å². The molecule has 1 heterocycles. The molecule has 14 heavy (non-hydrogen) atoms. The third-order valence-electron chi connectivity index (χ3n) is 3.11. The second-order valence-corrected chi connectivity index (χ2v) is 4.59. The molecule has 0 aromatic rings. The summed E-state index contributed by atoms with van der Waals surface area (Å²) in [5.41, 5.74) is 0. The average Bonchev–Trinajstić information content (AvgIpc) is 2.93. The molecule has 1 atom stereocenters. The van der Waals surface area contributed by atoms with Crippen molar-refractivity contribution in [3.05, 3.63) is 0 Å². The fraction of sp³-hybridized carbons (Fsp3) is 0.909. The first kappa shape index (κ1) is 9.97. The molecule has 1 unspecified atom stereocenters. The van der Waals surface area contributed by atoms with E-state index in [-0.39, 0.29) is 5.91 Å². The van der Waals surface area contributed by atoms with E-state index in [2.05, 4.69) is 10.6 Å². The maximum Gasteiger partial charge on any atom is 0.220 e. The Morgan fingerprint density at radius 1 is 1.21 bits per heavy atom. The number of carbonyl (C=O) groups excluding carboxylic acids is 1. The highest BCUT2D eigenvalue weighted by atomic mass is 16.1. The molecule has 0 spiro atoms. The van der Waals surface area contributed by atoms with Gasteiger partial charge in [0.25, 0.3) is 0 Å². The second kappa shape index (κ2) is 4.78. The van der Waals surface area contributed by atoms with Crippen LogP contribution >= 0.6 is 0 Å². The van der Waals surface area contributed by atoms with Crippen LogP contribution in [0.4, 0.5) is 0 Å². The van der Waals surface area contributed by atoms with Crippen LogP contribution < -0.4 is 10.6 Å². The molecule has 2 aliphatic rings. The van der Waals surface area contributed by atoms with Gasteiger partial charge in [0, 0.05) is 12.5 Å². The van der Waals surface area contributed by atoms with Crippen LogP contribution in [0.15, 0.2) is 0 Å². The van der Waals surface area contributed by atoms with Gasteiger partial charge >= 0.3 is 0 Å². The molecule has 0 radical (unpaired) electrons. The van der Waals surface area contributed by atoms with E-state index in [0.717, 1.165) is 25.9 Å². The van der Waals surface area contributed by atoms with E-state index in [0.29, 0.717) is 12.0 Å². The van der Waals surface area contributed by atoms with Crippen molar-refractivity contribution in [2.45, 2.75) is 44.6 Å². The molecule has 1 amide bonds. The molecule has 1 saturated heterocycles. The van der Waals surface area contributed by atoms with Crippen LogP contribution in [0.5, 0.6) is 0 Å². The van der Waals surface area contributed by atoms with E-state index >= 15 is 0 Å². The van der Waals surface area contributed by atoms with Crippen LogP contribution in [-0.2, 0) is 4.79 Å². The maximum absolute atomic E-state index is 11.5. The smallest absolute Gasteiger partial charge is 0.220 e. The summed E-state index contributed by atoms with van der Waals surface area (Å²) in [7, 11) is 0. The van der Waals surface area contributed by atoms with Crippen molar-refractivity contribution < 1.29 is 4.79 Å². The van der Waals surface area contributed by atoms with Gasteiger partial charge in [0.2, 0.25) is 5.91 Å². The van der Waals surface area contributed by atoms with Gasteiger partial charge in [-0.05, 0) is 51.1 Å². The van der Waals surface area contributed by atoms with Crippen molar-refractivity contribution in [2.24, 2.45) is 5.92 Å². The molecule has 2 rings (SSSR count). The molecule has 2 fully saturated rings. The normalized spacial score (nSPS) is 28.1. The molecule has 80 valence electrons. The Hall–Kier alpha value is -0.570. The minimum atomic E-state index is 0.277. The summed E-state index contributed by atoms with van der Waals surface area (Å²) >= 11 is 0. The Morgan fingerprint density at radius 3 is 2.86 bits per heavy atom. The van der Waals surface area contributed by atoms with Crippen LogP contribution in [0.2, 0.25) is 0 Å². The summed E-state index contributed by atoms with van der Waals surface area (Å²) in [5.74, 6) is 0.892. The summed E-state index contributed by atoms with van der Waals surface area (Å²) in [5, 5.41) is 6.43. The summed E-state index contributed by atoms with van der Waals surface area (Å²) in [6.07, 6.45) is 6.73. The highest BCUT2D eigenvalue weighted by molar-refractivity contribution is 5.76. The Labute approximate surface area is 85.6 Å². The molecule has 0 bridgehead atoms. The predicted octanol–water partition coefficient (Wildman–Crippen LogP) is 1.04. The standard InChI is InChI=1S/C11H20N2O/c14-11(13-10-3-4-10)8-9-2-1-6-12-7-5-9/h9-10,12H,1-8H2,(H,13,14). The lowest BCUT2D eigenvalue weighted by Crippen LogP contribution is -2.27. The van der Waals surface area contributed by atoms with Crippen LogP contribution in [0.1, 0.15) is 38.5 Å². The fourth-order valence-corrected chi connectivity index (χ4v) is 2.07. The summed E-state index contributed by atoms with van der Waals surface area (Å²) < 4.78 is 0. The van der Waals surface area contributed by atoms with E-state index in [4.69, 9.17) is 0 Å². The van der Waals surface area contributed by atoms with E-state index in [1.807, 2.05) is 0 Å². The van der Waals surface area contributed by atoms with Crippen LogP contribution in [-0.4, -0.2) is 25.0 Å². The second-order valence-electron chi connectivity index (χ2n) is 4.59. The zero-order valence-corrected chi connectivity index (χ0v) is 8.72. The topological polar surface area (TPSA) is 41.1 Å².